The monoisotopic (exact) mass is 364 g/mol. The van der Waals surface area contributed by atoms with Gasteiger partial charge in [-0.25, -0.2) is 4.79 Å². The summed E-state index contributed by atoms with van der Waals surface area (Å²) in [5.74, 6) is 2.62. The van der Waals surface area contributed by atoms with Gasteiger partial charge in [-0.15, -0.1) is 0 Å². The molecule has 2 amide bonds. The Hall–Kier alpha value is -3.67. The highest BCUT2D eigenvalue weighted by atomic mass is 16.5. The van der Waals surface area contributed by atoms with Crippen LogP contribution in [0.5, 0.6) is 23.0 Å². The Labute approximate surface area is 157 Å². The third-order valence-electron chi connectivity index (χ3n) is 3.70. The molecule has 0 saturated heterocycles. The highest BCUT2D eigenvalue weighted by Gasteiger charge is 2.07. The molecule has 0 unspecified atom stereocenters. The van der Waals surface area contributed by atoms with Crippen molar-refractivity contribution in [1.29, 1.82) is 0 Å². The number of benzene rings is 3. The number of carbonyl (C=O) groups excluding carboxylic acids is 1. The summed E-state index contributed by atoms with van der Waals surface area (Å²) in [7, 11) is 3.11. The highest BCUT2D eigenvalue weighted by Crippen LogP contribution is 2.26. The van der Waals surface area contributed by atoms with Crippen LogP contribution in [0.15, 0.2) is 72.8 Å². The van der Waals surface area contributed by atoms with Gasteiger partial charge in [0.15, 0.2) is 0 Å². The van der Waals surface area contributed by atoms with Gasteiger partial charge in [-0.05, 0) is 36.4 Å². The summed E-state index contributed by atoms with van der Waals surface area (Å²) in [4.78, 5) is 12.2. The number of carbonyl (C=O) groups is 1. The molecule has 2 N–H and O–H groups in total. The first-order valence-electron chi connectivity index (χ1n) is 8.30. The van der Waals surface area contributed by atoms with Crippen LogP contribution < -0.4 is 24.8 Å². The summed E-state index contributed by atoms with van der Waals surface area (Å²) in [6, 6.07) is 21.4. The molecule has 6 nitrogen and oxygen atoms in total. The van der Waals surface area contributed by atoms with Gasteiger partial charge in [-0.1, -0.05) is 18.2 Å². The van der Waals surface area contributed by atoms with Crippen molar-refractivity contribution < 1.29 is 19.0 Å². The van der Waals surface area contributed by atoms with Crippen LogP contribution in [-0.4, -0.2) is 20.3 Å². The van der Waals surface area contributed by atoms with E-state index in [-0.39, 0.29) is 6.03 Å². The number of urea groups is 1. The van der Waals surface area contributed by atoms with E-state index in [9.17, 15) is 4.79 Å². The lowest BCUT2D eigenvalue weighted by atomic mass is 10.2. The van der Waals surface area contributed by atoms with Gasteiger partial charge in [0.25, 0.3) is 0 Å². The van der Waals surface area contributed by atoms with E-state index in [1.165, 1.54) is 0 Å². The van der Waals surface area contributed by atoms with Crippen LogP contribution >= 0.6 is 0 Å². The lowest BCUT2D eigenvalue weighted by molar-refractivity contribution is 0.262. The highest BCUT2D eigenvalue weighted by molar-refractivity contribution is 6.00. The van der Waals surface area contributed by atoms with E-state index in [0.717, 1.165) is 5.75 Å². The second-order valence-electron chi connectivity index (χ2n) is 5.62. The number of hydrogen-bond acceptors (Lipinski definition) is 4. The average molecular weight is 364 g/mol. The Bertz CT molecular complexity index is 874. The lowest BCUT2D eigenvalue weighted by Gasteiger charge is -2.11. The molecule has 0 radical (unpaired) electrons. The maximum Gasteiger partial charge on any atom is 0.323 e. The SMILES string of the molecule is COc1cc(NC(=O)Nc2ccc(Oc3ccccc3)cc2)cc(OC)c1. The summed E-state index contributed by atoms with van der Waals surface area (Å²) in [6.07, 6.45) is 0. The van der Waals surface area contributed by atoms with Crippen molar-refractivity contribution >= 4 is 17.4 Å². The van der Waals surface area contributed by atoms with Crippen molar-refractivity contribution in [1.82, 2.24) is 0 Å². The molecule has 3 rings (SSSR count). The first-order chi connectivity index (χ1) is 13.2. The minimum absolute atomic E-state index is 0.373. The molecule has 0 saturated carbocycles. The Kier molecular flexibility index (Phi) is 5.79. The largest absolute Gasteiger partial charge is 0.497 e. The van der Waals surface area contributed by atoms with Crippen LogP contribution in [0.3, 0.4) is 0 Å². The molecule has 3 aromatic carbocycles. The number of methoxy groups -OCH3 is 2. The van der Waals surface area contributed by atoms with Crippen LogP contribution in [0.2, 0.25) is 0 Å². The Balaban J connectivity index is 1.61. The van der Waals surface area contributed by atoms with E-state index in [0.29, 0.717) is 28.6 Å². The first kappa shape index (κ1) is 18.1. The van der Waals surface area contributed by atoms with Crippen molar-refractivity contribution in [3.63, 3.8) is 0 Å². The average Bonchev–Trinajstić information content (AvgIpc) is 2.70. The van der Waals surface area contributed by atoms with E-state index < -0.39 is 0 Å². The number of nitrogens with one attached hydrogen (secondary N) is 2. The molecular formula is C21H20N2O4. The molecular weight excluding hydrogens is 344 g/mol. The van der Waals surface area contributed by atoms with Crippen LogP contribution in [-0.2, 0) is 0 Å². The predicted octanol–water partition coefficient (Wildman–Crippen LogP) is 5.14. The summed E-state index contributed by atoms with van der Waals surface area (Å²) in [6.45, 7) is 0. The third-order valence-corrected chi connectivity index (χ3v) is 3.70. The molecule has 27 heavy (non-hydrogen) atoms. The predicted molar refractivity (Wildman–Crippen MR) is 105 cm³/mol. The van der Waals surface area contributed by atoms with Crippen LogP contribution in [0, 0.1) is 0 Å². The van der Waals surface area contributed by atoms with Crippen molar-refractivity contribution in [2.24, 2.45) is 0 Å². The van der Waals surface area contributed by atoms with Gasteiger partial charge in [-0.3, -0.25) is 0 Å². The van der Waals surface area contributed by atoms with Gasteiger partial charge in [0, 0.05) is 29.6 Å². The number of amides is 2. The van der Waals surface area contributed by atoms with Crippen LogP contribution in [0.25, 0.3) is 0 Å². The molecule has 0 spiro atoms. The van der Waals surface area contributed by atoms with E-state index in [2.05, 4.69) is 10.6 Å². The van der Waals surface area contributed by atoms with Crippen molar-refractivity contribution in [3.05, 3.63) is 72.8 Å². The number of rotatable bonds is 6. The minimum Gasteiger partial charge on any atom is -0.497 e. The zero-order chi connectivity index (χ0) is 19.1. The summed E-state index contributed by atoms with van der Waals surface area (Å²) < 4.78 is 16.1. The molecule has 0 heterocycles. The third kappa shape index (κ3) is 5.15. The van der Waals surface area contributed by atoms with Crippen LogP contribution in [0.4, 0.5) is 16.2 Å². The number of ether oxygens (including phenoxy) is 3. The minimum atomic E-state index is -0.373. The molecule has 0 aromatic heterocycles. The van der Waals surface area contributed by atoms with E-state index in [4.69, 9.17) is 14.2 Å². The maximum atomic E-state index is 12.2. The maximum absolute atomic E-state index is 12.2. The van der Waals surface area contributed by atoms with Gasteiger partial charge >= 0.3 is 6.03 Å². The lowest BCUT2D eigenvalue weighted by Crippen LogP contribution is -2.19. The Morgan fingerprint density at radius 3 is 1.81 bits per heavy atom. The molecule has 0 bridgehead atoms. The fourth-order valence-corrected chi connectivity index (χ4v) is 2.40. The zero-order valence-corrected chi connectivity index (χ0v) is 15.1. The number of hydrogen-bond donors (Lipinski definition) is 2. The quantitative estimate of drug-likeness (QED) is 0.635. The Morgan fingerprint density at radius 2 is 1.22 bits per heavy atom. The standard InChI is InChI=1S/C21H20N2O4/c1-25-19-12-16(13-20(14-19)26-2)23-21(24)22-15-8-10-18(11-9-15)27-17-6-4-3-5-7-17/h3-14H,1-2H3,(H2,22,23,24). The van der Waals surface area contributed by atoms with Crippen molar-refractivity contribution in [2.45, 2.75) is 0 Å². The van der Waals surface area contributed by atoms with E-state index in [1.807, 2.05) is 30.3 Å². The second-order valence-corrected chi connectivity index (χ2v) is 5.62. The zero-order valence-electron chi connectivity index (χ0n) is 15.1. The van der Waals surface area contributed by atoms with Gasteiger partial charge in [0.1, 0.15) is 23.0 Å². The first-order valence-corrected chi connectivity index (χ1v) is 8.30. The van der Waals surface area contributed by atoms with Gasteiger partial charge in [-0.2, -0.15) is 0 Å². The number of anilines is 2. The van der Waals surface area contributed by atoms with E-state index >= 15 is 0 Å². The second kappa shape index (κ2) is 8.62. The van der Waals surface area contributed by atoms with Gasteiger partial charge < -0.3 is 24.8 Å². The van der Waals surface area contributed by atoms with Gasteiger partial charge in [0.2, 0.25) is 0 Å². The van der Waals surface area contributed by atoms with E-state index in [1.54, 1.807) is 56.7 Å². The molecule has 138 valence electrons. The molecule has 0 atom stereocenters. The topological polar surface area (TPSA) is 68.8 Å². The fourth-order valence-electron chi connectivity index (χ4n) is 2.40. The smallest absolute Gasteiger partial charge is 0.323 e. The normalized spacial score (nSPS) is 10.0. The number of para-hydroxylation sites is 1. The Morgan fingerprint density at radius 1 is 0.667 bits per heavy atom. The van der Waals surface area contributed by atoms with Gasteiger partial charge in [0.05, 0.1) is 14.2 Å². The van der Waals surface area contributed by atoms with Crippen molar-refractivity contribution in [2.75, 3.05) is 24.9 Å². The molecule has 0 fully saturated rings. The van der Waals surface area contributed by atoms with Crippen molar-refractivity contribution in [3.8, 4) is 23.0 Å². The molecule has 0 aliphatic rings. The van der Waals surface area contributed by atoms with Crippen LogP contribution in [0.1, 0.15) is 0 Å². The molecule has 0 aliphatic heterocycles. The summed E-state index contributed by atoms with van der Waals surface area (Å²) >= 11 is 0. The molecule has 3 aromatic rings. The fraction of sp³-hybridized carbons (Fsp3) is 0.0952. The molecule has 6 heteroatoms. The summed E-state index contributed by atoms with van der Waals surface area (Å²) in [5.41, 5.74) is 1.20. The summed E-state index contributed by atoms with van der Waals surface area (Å²) in [5, 5.41) is 5.52. The molecule has 0 aliphatic carbocycles.